The van der Waals surface area contributed by atoms with Gasteiger partial charge in [-0.25, -0.2) is 0 Å². The third kappa shape index (κ3) is 3.89. The number of halogens is 1. The monoisotopic (exact) mass is 322 g/mol. The van der Waals surface area contributed by atoms with Crippen molar-refractivity contribution in [1.82, 2.24) is 0 Å². The van der Waals surface area contributed by atoms with Crippen LogP contribution in [0.2, 0.25) is 0 Å². The second kappa shape index (κ2) is 6.48. The zero-order valence-corrected chi connectivity index (χ0v) is 12.2. The Hall–Kier alpha value is -1.68. The molecule has 0 aliphatic rings. The fraction of sp³-hybridized carbons (Fsp3) is 0.200. The lowest BCUT2D eigenvalue weighted by Gasteiger charge is -2.11. The van der Waals surface area contributed by atoms with Crippen molar-refractivity contribution in [2.45, 2.75) is 6.92 Å². The molecular weight excluding hydrogens is 308 g/mol. The number of aromatic hydroxyl groups is 1. The van der Waals surface area contributed by atoms with E-state index in [1.54, 1.807) is 12.1 Å². The molecule has 19 heavy (non-hydrogen) atoms. The molecule has 3 nitrogen and oxygen atoms in total. The summed E-state index contributed by atoms with van der Waals surface area (Å²) in [6, 6.07) is 12.9. The van der Waals surface area contributed by atoms with Gasteiger partial charge in [0.2, 0.25) is 0 Å². The molecule has 0 aliphatic carbocycles. The van der Waals surface area contributed by atoms with E-state index in [9.17, 15) is 5.11 Å². The van der Waals surface area contributed by atoms with Crippen molar-refractivity contribution in [2.24, 2.45) is 0 Å². The van der Waals surface area contributed by atoms with Crippen molar-refractivity contribution < 1.29 is 14.6 Å². The molecule has 0 saturated carbocycles. The van der Waals surface area contributed by atoms with E-state index >= 15 is 0 Å². The summed E-state index contributed by atoms with van der Waals surface area (Å²) in [4.78, 5) is 0. The van der Waals surface area contributed by atoms with Gasteiger partial charge < -0.3 is 14.6 Å². The van der Waals surface area contributed by atoms with Crippen molar-refractivity contribution in [3.63, 3.8) is 0 Å². The summed E-state index contributed by atoms with van der Waals surface area (Å²) in [5, 5.41) is 9.54. The van der Waals surface area contributed by atoms with Crippen molar-refractivity contribution in [2.75, 3.05) is 13.2 Å². The summed E-state index contributed by atoms with van der Waals surface area (Å²) in [6.45, 7) is 2.71. The molecule has 100 valence electrons. The van der Waals surface area contributed by atoms with E-state index in [4.69, 9.17) is 9.47 Å². The number of ether oxygens (including phenoxy) is 2. The van der Waals surface area contributed by atoms with Gasteiger partial charge in [-0.15, -0.1) is 0 Å². The van der Waals surface area contributed by atoms with E-state index in [1.165, 1.54) is 0 Å². The number of benzene rings is 2. The smallest absolute Gasteiger partial charge is 0.126 e. The Bertz CT molecular complexity index is 538. The molecule has 1 N–H and O–H groups in total. The lowest BCUT2D eigenvalue weighted by atomic mass is 10.2. The van der Waals surface area contributed by atoms with E-state index in [2.05, 4.69) is 15.9 Å². The standard InChI is InChI=1S/C15H15BrO3/c1-11-14(17)3-2-4-15(11)19-10-9-18-13-7-5-12(16)6-8-13/h2-8,17H,9-10H2,1H3. The highest BCUT2D eigenvalue weighted by molar-refractivity contribution is 9.10. The van der Waals surface area contributed by atoms with Gasteiger partial charge in [0.25, 0.3) is 0 Å². The third-order valence-electron chi connectivity index (χ3n) is 2.68. The number of phenols is 1. The SMILES string of the molecule is Cc1c(O)cccc1OCCOc1ccc(Br)cc1. The van der Waals surface area contributed by atoms with Crippen LogP contribution in [0, 0.1) is 6.92 Å². The Morgan fingerprint density at radius 3 is 2.42 bits per heavy atom. The molecule has 2 aromatic carbocycles. The number of rotatable bonds is 5. The van der Waals surface area contributed by atoms with E-state index in [-0.39, 0.29) is 5.75 Å². The molecule has 0 bridgehead atoms. The van der Waals surface area contributed by atoms with Gasteiger partial charge in [-0.2, -0.15) is 0 Å². The highest BCUT2D eigenvalue weighted by Gasteiger charge is 2.03. The van der Waals surface area contributed by atoms with Crippen LogP contribution in [0.4, 0.5) is 0 Å². The Labute approximate surface area is 120 Å². The van der Waals surface area contributed by atoms with E-state index in [0.29, 0.717) is 19.0 Å². The average Bonchev–Trinajstić information content (AvgIpc) is 2.41. The molecule has 0 atom stereocenters. The fourth-order valence-electron chi connectivity index (χ4n) is 1.60. The molecular formula is C15H15BrO3. The van der Waals surface area contributed by atoms with Crippen molar-refractivity contribution in [1.29, 1.82) is 0 Å². The van der Waals surface area contributed by atoms with Gasteiger partial charge >= 0.3 is 0 Å². The minimum Gasteiger partial charge on any atom is -0.508 e. The lowest BCUT2D eigenvalue weighted by Crippen LogP contribution is -2.09. The predicted molar refractivity (Wildman–Crippen MR) is 78.0 cm³/mol. The first-order valence-corrected chi connectivity index (χ1v) is 6.76. The van der Waals surface area contributed by atoms with Crippen LogP contribution in [0.15, 0.2) is 46.9 Å². The molecule has 0 aliphatic heterocycles. The maximum Gasteiger partial charge on any atom is 0.126 e. The van der Waals surface area contributed by atoms with Crippen LogP contribution in [0.1, 0.15) is 5.56 Å². The van der Waals surface area contributed by atoms with Gasteiger partial charge in [0.05, 0.1) is 0 Å². The maximum absolute atomic E-state index is 9.54. The van der Waals surface area contributed by atoms with Gasteiger partial charge in [-0.1, -0.05) is 22.0 Å². The Balaban J connectivity index is 1.81. The van der Waals surface area contributed by atoms with Crippen LogP contribution in [-0.2, 0) is 0 Å². The maximum atomic E-state index is 9.54. The van der Waals surface area contributed by atoms with E-state index in [1.807, 2.05) is 37.3 Å². The van der Waals surface area contributed by atoms with E-state index < -0.39 is 0 Å². The molecule has 0 heterocycles. The fourth-order valence-corrected chi connectivity index (χ4v) is 1.87. The zero-order valence-electron chi connectivity index (χ0n) is 10.6. The van der Waals surface area contributed by atoms with Gasteiger partial charge in [0.15, 0.2) is 0 Å². The minimum absolute atomic E-state index is 0.242. The first-order valence-electron chi connectivity index (χ1n) is 5.96. The molecule has 0 unspecified atom stereocenters. The first-order chi connectivity index (χ1) is 9.16. The zero-order chi connectivity index (χ0) is 13.7. The van der Waals surface area contributed by atoms with E-state index in [0.717, 1.165) is 15.8 Å². The summed E-state index contributed by atoms with van der Waals surface area (Å²) in [5.74, 6) is 1.73. The molecule has 0 saturated heterocycles. The largest absolute Gasteiger partial charge is 0.508 e. The highest BCUT2D eigenvalue weighted by atomic mass is 79.9. The Kier molecular flexibility index (Phi) is 4.68. The van der Waals surface area contributed by atoms with Gasteiger partial charge in [-0.05, 0) is 43.3 Å². The van der Waals surface area contributed by atoms with Crippen molar-refractivity contribution in [3.05, 3.63) is 52.5 Å². The second-order valence-corrected chi connectivity index (χ2v) is 4.97. The van der Waals surface area contributed by atoms with Crippen LogP contribution in [0.25, 0.3) is 0 Å². The number of hydrogen-bond acceptors (Lipinski definition) is 3. The minimum atomic E-state index is 0.242. The van der Waals surface area contributed by atoms with Crippen LogP contribution in [0.5, 0.6) is 17.2 Å². The summed E-state index contributed by atoms with van der Waals surface area (Å²) in [5.41, 5.74) is 0.742. The van der Waals surface area contributed by atoms with Crippen LogP contribution < -0.4 is 9.47 Å². The van der Waals surface area contributed by atoms with Crippen LogP contribution >= 0.6 is 15.9 Å². The van der Waals surface area contributed by atoms with Crippen LogP contribution in [-0.4, -0.2) is 18.3 Å². The summed E-state index contributed by atoms with van der Waals surface area (Å²) < 4.78 is 12.1. The van der Waals surface area contributed by atoms with Crippen LogP contribution in [0.3, 0.4) is 0 Å². The number of phenolic OH excluding ortho intramolecular Hbond substituents is 1. The van der Waals surface area contributed by atoms with Gasteiger partial charge in [-0.3, -0.25) is 0 Å². The second-order valence-electron chi connectivity index (χ2n) is 4.05. The quantitative estimate of drug-likeness (QED) is 0.848. The Morgan fingerprint density at radius 1 is 1.00 bits per heavy atom. The van der Waals surface area contributed by atoms with Gasteiger partial charge in [0.1, 0.15) is 30.5 Å². The van der Waals surface area contributed by atoms with Crippen molar-refractivity contribution >= 4 is 15.9 Å². The summed E-state index contributed by atoms with van der Waals surface area (Å²) in [6.07, 6.45) is 0. The molecule has 2 aromatic rings. The number of hydrogen-bond donors (Lipinski definition) is 1. The van der Waals surface area contributed by atoms with Crippen molar-refractivity contribution in [3.8, 4) is 17.2 Å². The average molecular weight is 323 g/mol. The normalized spacial score (nSPS) is 10.2. The molecule has 0 aromatic heterocycles. The highest BCUT2D eigenvalue weighted by Crippen LogP contribution is 2.25. The summed E-state index contributed by atoms with van der Waals surface area (Å²) in [7, 11) is 0. The first kappa shape index (κ1) is 13.7. The Morgan fingerprint density at radius 2 is 1.68 bits per heavy atom. The van der Waals surface area contributed by atoms with Gasteiger partial charge in [0, 0.05) is 10.0 Å². The predicted octanol–water partition coefficient (Wildman–Crippen LogP) is 3.92. The molecule has 0 fully saturated rings. The lowest BCUT2D eigenvalue weighted by molar-refractivity contribution is 0.215. The molecule has 2 rings (SSSR count). The summed E-state index contributed by atoms with van der Waals surface area (Å²) >= 11 is 3.37. The topological polar surface area (TPSA) is 38.7 Å². The molecule has 0 radical (unpaired) electrons. The molecule has 0 spiro atoms. The third-order valence-corrected chi connectivity index (χ3v) is 3.21. The molecule has 0 amide bonds. The molecule has 4 heteroatoms.